The minimum Gasteiger partial charge on any atom is -0.426 e. The van der Waals surface area contributed by atoms with Crippen LogP contribution in [0.5, 0.6) is 5.75 Å². The number of carbonyl (C=O) groups is 3. The number of fused-ring (bicyclic) bond motifs is 2. The van der Waals surface area contributed by atoms with Crippen molar-refractivity contribution in [3.63, 3.8) is 0 Å². The molecule has 0 fully saturated rings. The van der Waals surface area contributed by atoms with Gasteiger partial charge in [0, 0.05) is 30.4 Å². The van der Waals surface area contributed by atoms with E-state index >= 15 is 0 Å². The summed E-state index contributed by atoms with van der Waals surface area (Å²) in [5, 5.41) is 9.72. The van der Waals surface area contributed by atoms with Crippen molar-refractivity contribution in [2.24, 2.45) is 0 Å². The fraction of sp³-hybridized carbons (Fsp3) is 0.130. The number of rotatable bonds is 6. The maximum Gasteiger partial charge on any atom is 0.315 e. The van der Waals surface area contributed by atoms with E-state index in [4.69, 9.17) is 4.74 Å². The van der Waals surface area contributed by atoms with Gasteiger partial charge in [0.2, 0.25) is 0 Å². The van der Waals surface area contributed by atoms with Crippen LogP contribution in [-0.2, 0) is 24.3 Å². The molecule has 0 saturated carbocycles. The molecule has 10 nitrogen and oxygen atoms in total. The van der Waals surface area contributed by atoms with Crippen LogP contribution in [0.15, 0.2) is 60.9 Å². The molecule has 10 heteroatoms. The average Bonchev–Trinajstić information content (AvgIpc) is 3.46. The zero-order valence-electron chi connectivity index (χ0n) is 17.3. The molecule has 0 unspecified atom stereocenters. The molecule has 4 heterocycles. The van der Waals surface area contributed by atoms with Crippen molar-refractivity contribution in [1.29, 1.82) is 0 Å². The Morgan fingerprint density at radius 1 is 1.00 bits per heavy atom. The highest BCUT2D eigenvalue weighted by atomic mass is 16.5. The van der Waals surface area contributed by atoms with Gasteiger partial charge in [0.05, 0.1) is 24.9 Å². The molecule has 3 aromatic heterocycles. The molecule has 0 saturated heterocycles. The normalized spacial score (nSPS) is 12.3. The number of benzene rings is 1. The molecule has 33 heavy (non-hydrogen) atoms. The standard InChI is InChI=1S/C23H18N6O4/c30-21-10-15-9-14(4-5-19(15)33-21)12-25-22(31)17-11-18(29-20(28-17)6-8-27-29)23(32)26-13-16-3-1-2-7-24-16/h1-9,11H,10,12-13H2,(H,25,31)(H,26,32). The van der Waals surface area contributed by atoms with E-state index in [0.717, 1.165) is 11.1 Å². The number of ether oxygens (including phenoxy) is 1. The molecular formula is C23H18N6O4. The Balaban J connectivity index is 1.32. The van der Waals surface area contributed by atoms with E-state index in [1.165, 1.54) is 16.8 Å². The van der Waals surface area contributed by atoms with Crippen LogP contribution in [0, 0.1) is 0 Å². The molecule has 0 atom stereocenters. The van der Waals surface area contributed by atoms with Crippen LogP contribution >= 0.6 is 0 Å². The van der Waals surface area contributed by atoms with E-state index in [2.05, 4.69) is 25.7 Å². The lowest BCUT2D eigenvalue weighted by Gasteiger charge is -2.10. The maximum absolute atomic E-state index is 12.8. The Hall–Kier alpha value is -4.60. The molecule has 4 aromatic rings. The minimum absolute atomic E-state index is 0.0886. The Morgan fingerprint density at radius 2 is 1.88 bits per heavy atom. The number of nitrogens with zero attached hydrogens (tertiary/aromatic N) is 4. The van der Waals surface area contributed by atoms with E-state index in [-0.39, 0.29) is 36.9 Å². The van der Waals surface area contributed by atoms with Crippen molar-refractivity contribution >= 4 is 23.4 Å². The molecule has 0 spiro atoms. The average molecular weight is 442 g/mol. The van der Waals surface area contributed by atoms with Gasteiger partial charge in [0.25, 0.3) is 11.8 Å². The summed E-state index contributed by atoms with van der Waals surface area (Å²) in [5.41, 5.74) is 2.95. The summed E-state index contributed by atoms with van der Waals surface area (Å²) in [6.45, 7) is 0.463. The monoisotopic (exact) mass is 442 g/mol. The molecule has 0 aliphatic carbocycles. The van der Waals surface area contributed by atoms with Crippen LogP contribution in [0.4, 0.5) is 0 Å². The van der Waals surface area contributed by atoms with E-state index < -0.39 is 11.8 Å². The smallest absolute Gasteiger partial charge is 0.315 e. The SMILES string of the molecule is O=C1Cc2cc(CNC(=O)c3cc(C(=O)NCc4ccccn4)n4nccc4n3)ccc2O1. The number of carbonyl (C=O) groups excluding carboxylic acids is 3. The summed E-state index contributed by atoms with van der Waals surface area (Å²) >= 11 is 0. The molecule has 1 aliphatic rings. The van der Waals surface area contributed by atoms with Crippen molar-refractivity contribution in [2.45, 2.75) is 19.5 Å². The first-order valence-corrected chi connectivity index (χ1v) is 10.2. The molecule has 1 aromatic carbocycles. The fourth-order valence-corrected chi connectivity index (χ4v) is 3.52. The molecule has 5 rings (SSSR count). The number of esters is 1. The van der Waals surface area contributed by atoms with Gasteiger partial charge in [-0.15, -0.1) is 0 Å². The van der Waals surface area contributed by atoms with Gasteiger partial charge < -0.3 is 15.4 Å². The number of hydrogen-bond donors (Lipinski definition) is 2. The summed E-state index contributed by atoms with van der Waals surface area (Å²) in [6.07, 6.45) is 3.37. The Morgan fingerprint density at radius 3 is 2.73 bits per heavy atom. The van der Waals surface area contributed by atoms with Crippen molar-refractivity contribution in [1.82, 2.24) is 30.2 Å². The van der Waals surface area contributed by atoms with Crippen LogP contribution in [-0.4, -0.2) is 37.4 Å². The summed E-state index contributed by atoms with van der Waals surface area (Å²) in [5.74, 6) is -0.595. The lowest BCUT2D eigenvalue weighted by Crippen LogP contribution is -2.28. The van der Waals surface area contributed by atoms with Crippen molar-refractivity contribution in [3.05, 3.63) is 89.1 Å². The van der Waals surface area contributed by atoms with Gasteiger partial charge in [-0.05, 0) is 29.8 Å². The number of pyridine rings is 1. The van der Waals surface area contributed by atoms with Gasteiger partial charge in [-0.3, -0.25) is 19.4 Å². The van der Waals surface area contributed by atoms with Gasteiger partial charge in [-0.25, -0.2) is 9.50 Å². The quantitative estimate of drug-likeness (QED) is 0.342. The van der Waals surface area contributed by atoms with E-state index in [9.17, 15) is 14.4 Å². The third-order valence-corrected chi connectivity index (χ3v) is 5.12. The highest BCUT2D eigenvalue weighted by Crippen LogP contribution is 2.26. The largest absolute Gasteiger partial charge is 0.426 e. The van der Waals surface area contributed by atoms with Crippen LogP contribution in [0.25, 0.3) is 5.65 Å². The molecule has 0 radical (unpaired) electrons. The topological polar surface area (TPSA) is 128 Å². The second-order valence-corrected chi connectivity index (χ2v) is 7.41. The van der Waals surface area contributed by atoms with Crippen molar-refractivity contribution in [2.75, 3.05) is 0 Å². The maximum atomic E-state index is 12.8. The van der Waals surface area contributed by atoms with Crippen molar-refractivity contribution in [3.8, 4) is 5.75 Å². The minimum atomic E-state index is -0.440. The molecule has 0 bridgehead atoms. The lowest BCUT2D eigenvalue weighted by atomic mass is 10.1. The summed E-state index contributed by atoms with van der Waals surface area (Å²) < 4.78 is 6.46. The summed E-state index contributed by atoms with van der Waals surface area (Å²) in [6, 6.07) is 13.8. The number of nitrogens with one attached hydrogen (secondary N) is 2. The summed E-state index contributed by atoms with van der Waals surface area (Å²) in [4.78, 5) is 45.5. The number of amides is 2. The Labute approximate surface area is 187 Å². The van der Waals surface area contributed by atoms with Gasteiger partial charge in [-0.2, -0.15) is 5.10 Å². The van der Waals surface area contributed by atoms with Crippen LogP contribution in [0.2, 0.25) is 0 Å². The molecular weight excluding hydrogens is 424 g/mol. The first kappa shape index (κ1) is 20.3. The van der Waals surface area contributed by atoms with Crippen molar-refractivity contribution < 1.29 is 19.1 Å². The zero-order chi connectivity index (χ0) is 22.8. The van der Waals surface area contributed by atoms with Crippen LogP contribution < -0.4 is 15.4 Å². The second kappa shape index (κ2) is 8.50. The first-order chi connectivity index (χ1) is 16.1. The van der Waals surface area contributed by atoms with Gasteiger partial charge >= 0.3 is 5.97 Å². The van der Waals surface area contributed by atoms with E-state index in [1.54, 1.807) is 36.5 Å². The highest BCUT2D eigenvalue weighted by Gasteiger charge is 2.21. The lowest BCUT2D eigenvalue weighted by molar-refractivity contribution is -0.131. The number of hydrogen-bond acceptors (Lipinski definition) is 7. The van der Waals surface area contributed by atoms with Crippen LogP contribution in [0.1, 0.15) is 37.8 Å². The summed E-state index contributed by atoms with van der Waals surface area (Å²) in [7, 11) is 0. The van der Waals surface area contributed by atoms with E-state index in [0.29, 0.717) is 17.1 Å². The first-order valence-electron chi connectivity index (χ1n) is 10.2. The van der Waals surface area contributed by atoms with Gasteiger partial charge in [-0.1, -0.05) is 12.1 Å². The second-order valence-electron chi connectivity index (χ2n) is 7.41. The highest BCUT2D eigenvalue weighted by molar-refractivity contribution is 5.98. The molecule has 2 amide bonds. The zero-order valence-corrected chi connectivity index (χ0v) is 17.3. The predicted molar refractivity (Wildman–Crippen MR) is 115 cm³/mol. The van der Waals surface area contributed by atoms with Crippen LogP contribution in [0.3, 0.4) is 0 Å². The molecule has 1 aliphatic heterocycles. The fourth-order valence-electron chi connectivity index (χ4n) is 3.52. The van der Waals surface area contributed by atoms with E-state index in [1.807, 2.05) is 12.1 Å². The Kier molecular flexibility index (Phi) is 5.23. The van der Waals surface area contributed by atoms with Gasteiger partial charge in [0.15, 0.2) is 5.65 Å². The number of aromatic nitrogens is 4. The third-order valence-electron chi connectivity index (χ3n) is 5.12. The van der Waals surface area contributed by atoms with Gasteiger partial charge in [0.1, 0.15) is 17.1 Å². The predicted octanol–water partition coefficient (Wildman–Crippen LogP) is 1.45. The Bertz CT molecular complexity index is 1380. The molecule has 164 valence electrons. The molecule has 2 N–H and O–H groups in total. The third kappa shape index (κ3) is 4.26.